The average Bonchev–Trinajstić information content (AvgIpc) is 2.83. The number of benzene rings is 2. The van der Waals surface area contributed by atoms with Crippen LogP contribution in [0.1, 0.15) is 5.56 Å². The summed E-state index contributed by atoms with van der Waals surface area (Å²) < 4.78 is 13.9. The number of anilines is 1. The van der Waals surface area contributed by atoms with E-state index in [1.54, 1.807) is 7.11 Å². The first-order chi connectivity index (χ1) is 11.8. The molecule has 0 aliphatic rings. The third-order valence-corrected chi connectivity index (χ3v) is 6.23. The van der Waals surface area contributed by atoms with Crippen molar-refractivity contribution in [2.45, 2.75) is 39.3 Å². The third kappa shape index (κ3) is 3.67. The standard InChI is InChI=1S/C20H28N2O2Si/c1-14-10-17-16-12-15(21)6-7-18(16)22(20(17)19(11-14)23-2)13-24-8-9-25(3,4)5/h6-7,10-12H,8-9,13,21H2,1-5H3. The Bertz CT molecular complexity index is 910. The zero-order chi connectivity index (χ0) is 18.2. The van der Waals surface area contributed by atoms with Crippen LogP contribution in [0.5, 0.6) is 5.75 Å². The van der Waals surface area contributed by atoms with Crippen LogP contribution in [-0.4, -0.2) is 26.4 Å². The molecule has 0 bridgehead atoms. The van der Waals surface area contributed by atoms with E-state index >= 15 is 0 Å². The van der Waals surface area contributed by atoms with Gasteiger partial charge in [-0.2, -0.15) is 0 Å². The van der Waals surface area contributed by atoms with E-state index in [1.165, 1.54) is 5.56 Å². The van der Waals surface area contributed by atoms with Crippen LogP contribution < -0.4 is 10.5 Å². The minimum Gasteiger partial charge on any atom is -0.495 e. The van der Waals surface area contributed by atoms with Gasteiger partial charge in [0.1, 0.15) is 12.5 Å². The SMILES string of the molecule is COc1cc(C)cc2c3cc(N)ccc3n(COCC[Si](C)(C)C)c12. The van der Waals surface area contributed by atoms with Gasteiger partial charge in [0.05, 0.1) is 18.1 Å². The molecule has 3 rings (SSSR count). The molecule has 0 saturated heterocycles. The van der Waals surface area contributed by atoms with E-state index in [4.69, 9.17) is 15.2 Å². The zero-order valence-corrected chi connectivity index (χ0v) is 16.8. The molecule has 0 spiro atoms. The van der Waals surface area contributed by atoms with Gasteiger partial charge in [-0.05, 0) is 48.9 Å². The lowest BCUT2D eigenvalue weighted by atomic mass is 10.1. The van der Waals surface area contributed by atoms with Gasteiger partial charge < -0.3 is 19.8 Å². The summed E-state index contributed by atoms with van der Waals surface area (Å²) in [6.45, 7) is 10.5. The van der Waals surface area contributed by atoms with E-state index in [0.29, 0.717) is 6.73 Å². The van der Waals surface area contributed by atoms with Crippen LogP contribution in [0.15, 0.2) is 30.3 Å². The molecule has 0 aliphatic heterocycles. The summed E-state index contributed by atoms with van der Waals surface area (Å²) in [4.78, 5) is 0. The second kappa shape index (κ2) is 6.73. The topological polar surface area (TPSA) is 49.4 Å². The summed E-state index contributed by atoms with van der Waals surface area (Å²) in [5, 5.41) is 2.30. The van der Waals surface area contributed by atoms with Crippen molar-refractivity contribution in [2.75, 3.05) is 19.5 Å². The van der Waals surface area contributed by atoms with E-state index in [1.807, 2.05) is 12.1 Å². The second-order valence-corrected chi connectivity index (χ2v) is 13.5. The molecule has 0 unspecified atom stereocenters. The Kier molecular flexibility index (Phi) is 4.80. The molecule has 4 nitrogen and oxygen atoms in total. The lowest BCUT2D eigenvalue weighted by Crippen LogP contribution is -2.22. The summed E-state index contributed by atoms with van der Waals surface area (Å²) in [5.74, 6) is 0.874. The number of ether oxygens (including phenoxy) is 2. The van der Waals surface area contributed by atoms with Crippen LogP contribution in [0, 0.1) is 6.92 Å². The average molecular weight is 357 g/mol. The summed E-state index contributed by atoms with van der Waals surface area (Å²) in [6.07, 6.45) is 0. The molecule has 25 heavy (non-hydrogen) atoms. The molecule has 0 atom stereocenters. The van der Waals surface area contributed by atoms with Gasteiger partial charge in [-0.15, -0.1) is 0 Å². The first-order valence-electron chi connectivity index (χ1n) is 8.74. The Morgan fingerprint density at radius 3 is 2.52 bits per heavy atom. The van der Waals surface area contributed by atoms with Crippen molar-refractivity contribution in [1.29, 1.82) is 0 Å². The molecule has 0 fully saturated rings. The minimum absolute atomic E-state index is 0.522. The van der Waals surface area contributed by atoms with Crippen molar-refractivity contribution < 1.29 is 9.47 Å². The number of hydrogen-bond donors (Lipinski definition) is 1. The predicted octanol–water partition coefficient (Wildman–Crippen LogP) is 5.01. The largest absolute Gasteiger partial charge is 0.495 e. The summed E-state index contributed by atoms with van der Waals surface area (Å²) in [5.41, 5.74) is 10.2. The smallest absolute Gasteiger partial charge is 0.143 e. The van der Waals surface area contributed by atoms with Gasteiger partial charge in [-0.25, -0.2) is 0 Å². The van der Waals surface area contributed by atoms with E-state index < -0.39 is 8.07 Å². The van der Waals surface area contributed by atoms with Crippen LogP contribution in [0.2, 0.25) is 25.7 Å². The van der Waals surface area contributed by atoms with E-state index in [0.717, 1.165) is 45.9 Å². The predicted molar refractivity (Wildman–Crippen MR) is 109 cm³/mol. The molecule has 1 heterocycles. The fraction of sp³-hybridized carbons (Fsp3) is 0.400. The lowest BCUT2D eigenvalue weighted by Gasteiger charge is -2.16. The number of aromatic nitrogens is 1. The minimum atomic E-state index is -1.09. The van der Waals surface area contributed by atoms with Gasteiger partial charge in [0.25, 0.3) is 0 Å². The number of nitrogens with two attached hydrogens (primary N) is 1. The van der Waals surface area contributed by atoms with Crippen molar-refractivity contribution in [1.82, 2.24) is 4.57 Å². The van der Waals surface area contributed by atoms with Crippen LogP contribution in [-0.2, 0) is 11.5 Å². The summed E-state index contributed by atoms with van der Waals surface area (Å²) in [7, 11) is 0.624. The van der Waals surface area contributed by atoms with E-state index in [9.17, 15) is 0 Å². The maximum absolute atomic E-state index is 6.04. The highest BCUT2D eigenvalue weighted by molar-refractivity contribution is 6.76. The molecular formula is C20H28N2O2Si. The van der Waals surface area contributed by atoms with Crippen molar-refractivity contribution in [2.24, 2.45) is 0 Å². The van der Waals surface area contributed by atoms with Gasteiger partial charge >= 0.3 is 0 Å². The van der Waals surface area contributed by atoms with Crippen LogP contribution in [0.3, 0.4) is 0 Å². The molecular weight excluding hydrogens is 328 g/mol. The van der Waals surface area contributed by atoms with Gasteiger partial charge in [0.2, 0.25) is 0 Å². The van der Waals surface area contributed by atoms with Gasteiger partial charge in [0.15, 0.2) is 0 Å². The molecule has 2 aromatic carbocycles. The third-order valence-electron chi connectivity index (χ3n) is 4.53. The zero-order valence-electron chi connectivity index (χ0n) is 15.8. The van der Waals surface area contributed by atoms with Gasteiger partial charge in [-0.3, -0.25) is 0 Å². The van der Waals surface area contributed by atoms with Crippen LogP contribution in [0.4, 0.5) is 5.69 Å². The number of rotatable bonds is 6. The highest BCUT2D eigenvalue weighted by Gasteiger charge is 2.17. The number of aryl methyl sites for hydroxylation is 1. The summed E-state index contributed by atoms with van der Waals surface area (Å²) >= 11 is 0. The van der Waals surface area contributed by atoms with E-state index in [2.05, 4.69) is 49.3 Å². The van der Waals surface area contributed by atoms with Crippen molar-refractivity contribution in [3.63, 3.8) is 0 Å². The number of methoxy groups -OCH3 is 1. The maximum atomic E-state index is 6.04. The van der Waals surface area contributed by atoms with Crippen molar-refractivity contribution in [3.05, 3.63) is 35.9 Å². The van der Waals surface area contributed by atoms with Gasteiger partial charge in [-0.1, -0.05) is 19.6 Å². The van der Waals surface area contributed by atoms with Crippen LogP contribution in [0.25, 0.3) is 21.8 Å². The maximum Gasteiger partial charge on any atom is 0.143 e. The molecule has 3 aromatic rings. The van der Waals surface area contributed by atoms with E-state index in [-0.39, 0.29) is 0 Å². The number of nitrogens with zero attached hydrogens (tertiary/aromatic N) is 1. The van der Waals surface area contributed by atoms with Crippen LogP contribution >= 0.6 is 0 Å². The van der Waals surface area contributed by atoms with Crippen molar-refractivity contribution >= 4 is 35.6 Å². The normalized spacial score (nSPS) is 12.2. The Morgan fingerprint density at radius 1 is 1.08 bits per heavy atom. The molecule has 2 N–H and O–H groups in total. The molecule has 0 radical (unpaired) electrons. The highest BCUT2D eigenvalue weighted by atomic mass is 28.3. The fourth-order valence-corrected chi connectivity index (χ4v) is 3.94. The lowest BCUT2D eigenvalue weighted by molar-refractivity contribution is 0.0927. The molecule has 0 aliphatic carbocycles. The quantitative estimate of drug-likeness (QED) is 0.384. The number of nitrogen functional groups attached to an aromatic ring is 1. The number of fused-ring (bicyclic) bond motifs is 3. The molecule has 0 amide bonds. The Morgan fingerprint density at radius 2 is 1.84 bits per heavy atom. The summed E-state index contributed by atoms with van der Waals surface area (Å²) in [6, 6.07) is 11.5. The molecule has 0 saturated carbocycles. The van der Waals surface area contributed by atoms with Crippen molar-refractivity contribution in [3.8, 4) is 5.75 Å². The first kappa shape index (κ1) is 17.8. The first-order valence-corrected chi connectivity index (χ1v) is 12.4. The number of hydrogen-bond acceptors (Lipinski definition) is 3. The molecule has 5 heteroatoms. The Balaban J connectivity index is 2.08. The second-order valence-electron chi connectivity index (χ2n) is 7.92. The van der Waals surface area contributed by atoms with Gasteiger partial charge in [0, 0.05) is 31.1 Å². The molecule has 134 valence electrons. The Hall–Kier alpha value is -1.98. The monoisotopic (exact) mass is 356 g/mol. The highest BCUT2D eigenvalue weighted by Crippen LogP contribution is 2.36. The Labute approximate surface area is 150 Å². The molecule has 1 aromatic heterocycles. The fourth-order valence-electron chi connectivity index (χ4n) is 3.18.